The maximum absolute atomic E-state index is 14.9. The summed E-state index contributed by atoms with van der Waals surface area (Å²) in [5.74, 6) is -4.54. The number of thiazole rings is 1. The summed E-state index contributed by atoms with van der Waals surface area (Å²) in [5, 5.41) is 5.90. The van der Waals surface area contributed by atoms with Gasteiger partial charge in [-0.1, -0.05) is 6.42 Å². The molecule has 11 nitrogen and oxygen atoms in total. The molecule has 0 spiro atoms. The van der Waals surface area contributed by atoms with E-state index < -0.39 is 59.0 Å². The third-order valence-electron chi connectivity index (χ3n) is 12.8. The third kappa shape index (κ3) is 6.37. The molecule has 1 unspecified atom stereocenters. The molecule has 2 saturated heterocycles. The van der Waals surface area contributed by atoms with Crippen LogP contribution < -0.4 is 10.6 Å². The lowest BCUT2D eigenvalue weighted by molar-refractivity contribution is -0.169. The lowest BCUT2D eigenvalue weighted by atomic mass is 9.46. The molecule has 0 radical (unpaired) electrons. The van der Waals surface area contributed by atoms with Gasteiger partial charge in [0, 0.05) is 31.4 Å². The van der Waals surface area contributed by atoms with Gasteiger partial charge in [-0.15, -0.1) is 11.3 Å². The van der Waals surface area contributed by atoms with Crippen molar-refractivity contribution in [1.29, 1.82) is 0 Å². The van der Waals surface area contributed by atoms with Crippen molar-refractivity contribution in [3.05, 3.63) is 23.5 Å². The van der Waals surface area contributed by atoms with Gasteiger partial charge in [-0.2, -0.15) is 13.2 Å². The molecule has 9 rings (SSSR count). The van der Waals surface area contributed by atoms with Crippen LogP contribution in [0, 0.1) is 46.8 Å². The van der Waals surface area contributed by atoms with Crippen LogP contribution in [0.1, 0.15) is 80.4 Å². The number of carbonyl (C=O) groups excluding carboxylic acids is 5. The highest BCUT2D eigenvalue weighted by Crippen LogP contribution is 2.63. The minimum absolute atomic E-state index is 0.0157. The van der Waals surface area contributed by atoms with Crippen LogP contribution in [0.5, 0.6) is 0 Å². The van der Waals surface area contributed by atoms with E-state index in [1.54, 1.807) is 18.5 Å². The second kappa shape index (κ2) is 13.0. The van der Waals surface area contributed by atoms with Crippen LogP contribution in [0.4, 0.5) is 13.2 Å². The van der Waals surface area contributed by atoms with Crippen molar-refractivity contribution < 1.29 is 37.1 Å². The summed E-state index contributed by atoms with van der Waals surface area (Å²) in [6, 6.07) is -0.307. The van der Waals surface area contributed by atoms with Crippen molar-refractivity contribution in [3.8, 4) is 0 Å². The highest BCUT2D eigenvalue weighted by atomic mass is 32.1. The predicted molar refractivity (Wildman–Crippen MR) is 179 cm³/mol. The normalized spacial score (nSPS) is 33.8. The number of alkyl halides is 3. The SMILES string of the molecule is O=C1NCC[C@H]1C[C@H](NC(=O)[C@@H]1[C@H]2CCC[C@H]2CN1C(=O)C(C=NC(=O)C(F)(F)F)C12CC3CC(CC(C3)C1)C2)C(=O)c1nc2cnccc2s1. The molecule has 272 valence electrons. The lowest BCUT2D eigenvalue weighted by Crippen LogP contribution is -2.58. The third-order valence-corrected chi connectivity index (χ3v) is 13.8. The van der Waals surface area contributed by atoms with Gasteiger partial charge in [-0.05, 0) is 105 Å². The van der Waals surface area contributed by atoms with E-state index >= 15 is 0 Å². The maximum atomic E-state index is 14.9. The molecule has 5 saturated carbocycles. The van der Waals surface area contributed by atoms with Gasteiger partial charge < -0.3 is 15.5 Å². The number of pyridine rings is 1. The standard InChI is InChI=1S/C36H41F3N6O5S/c37-36(38,39)34(50)42-15-24(35-12-18-8-19(13-35)10-20(9-18)14-35)33(49)45-17-22-2-1-3-23(22)28(45)31(48)43-25(11-21-4-7-41-30(21)47)29(46)32-44-26-16-40-6-5-27(26)51-32/h5-6,15-16,18-25,28H,1-4,7-14,17H2,(H,41,47)(H,43,48)/t18?,19?,20?,21-,22-,23-,24?,25-,28-,35?/m0/s1. The van der Waals surface area contributed by atoms with Crippen molar-refractivity contribution in [2.24, 2.45) is 51.8 Å². The number of likely N-dealkylation sites (tertiary alicyclic amines) is 1. The molecular formula is C36H41F3N6O5S. The summed E-state index contributed by atoms with van der Waals surface area (Å²) in [6.45, 7) is 0.726. The number of nitrogens with zero attached hydrogens (tertiary/aromatic N) is 4. The molecule has 4 heterocycles. The summed E-state index contributed by atoms with van der Waals surface area (Å²) in [4.78, 5) is 81.5. The van der Waals surface area contributed by atoms with E-state index in [4.69, 9.17) is 0 Å². The number of aliphatic imine (C=N–C) groups is 1. The molecule has 7 aliphatic rings. The molecule has 7 fully saturated rings. The highest BCUT2D eigenvalue weighted by molar-refractivity contribution is 7.20. The molecule has 5 aliphatic carbocycles. The van der Waals surface area contributed by atoms with Crippen molar-refractivity contribution in [3.63, 3.8) is 0 Å². The number of fused-ring (bicyclic) bond motifs is 2. The molecule has 4 bridgehead atoms. The van der Waals surface area contributed by atoms with Crippen LogP contribution >= 0.6 is 11.3 Å². The first-order chi connectivity index (χ1) is 24.4. The Bertz CT molecular complexity index is 1730. The van der Waals surface area contributed by atoms with E-state index in [2.05, 4.69) is 25.6 Å². The molecule has 0 aromatic carbocycles. The number of rotatable bonds is 9. The van der Waals surface area contributed by atoms with Gasteiger partial charge in [0.25, 0.3) is 0 Å². The van der Waals surface area contributed by atoms with Crippen LogP contribution in [-0.2, 0) is 19.2 Å². The van der Waals surface area contributed by atoms with E-state index in [-0.39, 0.29) is 35.7 Å². The van der Waals surface area contributed by atoms with E-state index in [0.29, 0.717) is 61.9 Å². The topological polar surface area (TPSA) is 151 Å². The fourth-order valence-electron chi connectivity index (χ4n) is 11.0. The predicted octanol–water partition coefficient (Wildman–Crippen LogP) is 4.50. The van der Waals surface area contributed by atoms with Gasteiger partial charge in [-0.25, -0.2) is 9.98 Å². The zero-order valence-corrected chi connectivity index (χ0v) is 28.9. The number of hydrogen-bond acceptors (Lipinski definition) is 8. The first-order valence-electron chi connectivity index (χ1n) is 18.2. The zero-order valence-electron chi connectivity index (χ0n) is 28.1. The average Bonchev–Trinajstić information content (AvgIpc) is 3.87. The molecule has 2 aliphatic heterocycles. The van der Waals surface area contributed by atoms with Gasteiger partial charge in [0.1, 0.15) is 11.6 Å². The molecular weight excluding hydrogens is 685 g/mol. The fraction of sp³-hybridized carbons (Fsp3) is 0.667. The smallest absolute Gasteiger partial charge is 0.356 e. The number of Topliss-reactive ketones (excluding diaryl/α,β-unsaturated/α-hetero) is 1. The molecule has 2 N–H and O–H groups in total. The number of ketones is 1. The van der Waals surface area contributed by atoms with Crippen LogP contribution in [-0.4, -0.2) is 81.8 Å². The Morgan fingerprint density at radius 1 is 1.10 bits per heavy atom. The summed E-state index contributed by atoms with van der Waals surface area (Å²) >= 11 is 1.17. The van der Waals surface area contributed by atoms with E-state index in [0.717, 1.165) is 43.0 Å². The molecule has 2 aromatic heterocycles. The Balaban J connectivity index is 1.11. The number of amides is 4. The van der Waals surface area contributed by atoms with Crippen LogP contribution in [0.15, 0.2) is 23.5 Å². The molecule has 4 amide bonds. The Morgan fingerprint density at radius 3 is 2.47 bits per heavy atom. The summed E-state index contributed by atoms with van der Waals surface area (Å²) in [6.07, 6.45) is 6.98. The monoisotopic (exact) mass is 726 g/mol. The Morgan fingerprint density at radius 2 is 1.82 bits per heavy atom. The highest BCUT2D eigenvalue weighted by Gasteiger charge is 2.59. The molecule has 15 heteroatoms. The second-order valence-electron chi connectivity index (χ2n) is 15.9. The van der Waals surface area contributed by atoms with Crippen LogP contribution in [0.25, 0.3) is 10.2 Å². The molecule has 2 aromatic rings. The van der Waals surface area contributed by atoms with Crippen molar-refractivity contribution in [2.75, 3.05) is 13.1 Å². The Hall–Kier alpha value is -3.75. The maximum Gasteiger partial charge on any atom is 0.473 e. The van der Waals surface area contributed by atoms with Crippen LogP contribution in [0.3, 0.4) is 0 Å². The summed E-state index contributed by atoms with van der Waals surface area (Å²) in [7, 11) is 0. The molecule has 6 atom stereocenters. The van der Waals surface area contributed by atoms with Crippen molar-refractivity contribution in [2.45, 2.75) is 88.9 Å². The van der Waals surface area contributed by atoms with E-state index in [9.17, 15) is 37.1 Å². The van der Waals surface area contributed by atoms with Gasteiger partial charge in [0.05, 0.1) is 22.9 Å². The van der Waals surface area contributed by atoms with Crippen molar-refractivity contribution in [1.82, 2.24) is 25.5 Å². The number of nitrogens with one attached hydrogen (secondary N) is 2. The summed E-state index contributed by atoms with van der Waals surface area (Å²) in [5.41, 5.74) is -0.0898. The van der Waals surface area contributed by atoms with Crippen LogP contribution in [0.2, 0.25) is 0 Å². The van der Waals surface area contributed by atoms with E-state index in [1.165, 1.54) is 16.2 Å². The Labute approximate surface area is 296 Å². The fourth-order valence-corrected chi connectivity index (χ4v) is 11.9. The second-order valence-corrected chi connectivity index (χ2v) is 17.0. The quantitative estimate of drug-likeness (QED) is 0.285. The largest absolute Gasteiger partial charge is 0.473 e. The zero-order chi connectivity index (χ0) is 35.7. The average molecular weight is 727 g/mol. The lowest BCUT2D eigenvalue weighted by Gasteiger charge is -2.58. The number of halogens is 3. The minimum Gasteiger partial charge on any atom is -0.356 e. The number of carbonyl (C=O) groups is 5. The Kier molecular flexibility index (Phi) is 8.77. The van der Waals surface area contributed by atoms with E-state index in [1.807, 2.05) is 0 Å². The first kappa shape index (κ1) is 34.3. The van der Waals surface area contributed by atoms with Gasteiger partial charge in [-0.3, -0.25) is 29.0 Å². The summed E-state index contributed by atoms with van der Waals surface area (Å²) < 4.78 is 40.8. The van der Waals surface area contributed by atoms with Gasteiger partial charge >= 0.3 is 12.1 Å². The van der Waals surface area contributed by atoms with Gasteiger partial charge in [0.2, 0.25) is 23.5 Å². The van der Waals surface area contributed by atoms with Crippen molar-refractivity contribution >= 4 is 57.2 Å². The minimum atomic E-state index is -5.17. The number of hydrogen-bond donors (Lipinski definition) is 2. The molecule has 51 heavy (non-hydrogen) atoms. The van der Waals surface area contributed by atoms with Gasteiger partial charge in [0.15, 0.2) is 5.01 Å². The number of aromatic nitrogens is 2. The first-order valence-corrected chi connectivity index (χ1v) is 19.0.